The molecule has 10 heteroatoms. The van der Waals surface area contributed by atoms with E-state index < -0.39 is 6.04 Å². The van der Waals surface area contributed by atoms with Gasteiger partial charge < -0.3 is 14.6 Å². The Hall–Kier alpha value is -3.79. The van der Waals surface area contributed by atoms with Gasteiger partial charge in [-0.15, -0.1) is 5.10 Å². The van der Waals surface area contributed by atoms with E-state index in [2.05, 4.69) is 46.2 Å². The molecule has 0 amide bonds. The number of hydrogen-bond acceptors (Lipinski definition) is 7. The third-order valence-electron chi connectivity index (χ3n) is 7.43. The van der Waals surface area contributed by atoms with E-state index in [1.807, 2.05) is 39.9 Å². The fourth-order valence-corrected chi connectivity index (χ4v) is 4.90. The summed E-state index contributed by atoms with van der Waals surface area (Å²) < 4.78 is 21.6. The molecule has 1 atom stereocenters. The fraction of sp³-hybridized carbons (Fsp3) is 0.407. The van der Waals surface area contributed by atoms with Crippen molar-refractivity contribution < 1.29 is 9.13 Å². The lowest BCUT2D eigenvalue weighted by Gasteiger charge is -2.40. The number of piperazine rings is 1. The molecule has 2 aromatic heterocycles. The number of nitrogens with one attached hydrogen (secondary N) is 1. The average molecular weight is 506 g/mol. The van der Waals surface area contributed by atoms with Gasteiger partial charge in [0.15, 0.2) is 5.82 Å². The maximum absolute atomic E-state index is 14.5. The second-order valence-corrected chi connectivity index (χ2v) is 10.00. The predicted molar refractivity (Wildman–Crippen MR) is 141 cm³/mol. The zero-order valence-electron chi connectivity index (χ0n) is 21.6. The van der Waals surface area contributed by atoms with Crippen LogP contribution in [-0.2, 0) is 5.54 Å². The number of methoxy groups -OCH3 is 1. The molecule has 0 unspecified atom stereocenters. The van der Waals surface area contributed by atoms with Gasteiger partial charge in [0.1, 0.15) is 17.6 Å². The van der Waals surface area contributed by atoms with Crippen LogP contribution in [0.25, 0.3) is 10.9 Å². The minimum absolute atomic E-state index is 0.203. The van der Waals surface area contributed by atoms with Gasteiger partial charge in [-0.1, -0.05) is 19.1 Å². The quantitative estimate of drug-likeness (QED) is 0.409. The Morgan fingerprint density at radius 1 is 1.11 bits per heavy atom. The number of para-hydroxylation sites is 1. The fourth-order valence-electron chi connectivity index (χ4n) is 4.90. The molecule has 1 aliphatic heterocycles. The molecule has 1 aliphatic rings. The summed E-state index contributed by atoms with van der Waals surface area (Å²) in [6.07, 6.45) is 0.812. The number of benzene rings is 2. The molecule has 1 fully saturated rings. The van der Waals surface area contributed by atoms with E-state index in [0.717, 1.165) is 11.8 Å². The standard InChI is InChI=1S/C27H32FN7O2/c1-5-27(2,3)35-25(30-31-32-35)24(20-16-18-10-11-19(37-4)17-22(18)29-26(20)36)34-14-12-33(13-15-34)23-9-7-6-8-21(23)28/h6-11,16-17,24H,5,12-15H2,1-4H3,(H,29,36)/t24-/m0/s1. The summed E-state index contributed by atoms with van der Waals surface area (Å²) in [5, 5.41) is 13.7. The second-order valence-electron chi connectivity index (χ2n) is 10.00. The number of ether oxygens (including phenoxy) is 1. The number of pyridine rings is 1. The van der Waals surface area contributed by atoms with Gasteiger partial charge in [0.2, 0.25) is 0 Å². The van der Waals surface area contributed by atoms with Crippen LogP contribution in [0.2, 0.25) is 0 Å². The number of hydrogen-bond donors (Lipinski definition) is 1. The summed E-state index contributed by atoms with van der Waals surface area (Å²) in [7, 11) is 1.60. The van der Waals surface area contributed by atoms with Crippen LogP contribution in [0.4, 0.5) is 10.1 Å². The van der Waals surface area contributed by atoms with Crippen molar-refractivity contribution in [1.29, 1.82) is 0 Å². The minimum atomic E-state index is -0.473. The van der Waals surface area contributed by atoms with Crippen LogP contribution in [0.3, 0.4) is 0 Å². The third kappa shape index (κ3) is 4.69. The molecule has 9 nitrogen and oxygen atoms in total. The Labute approximate surface area is 214 Å². The molecule has 4 aromatic rings. The molecular formula is C27H32FN7O2. The highest BCUT2D eigenvalue weighted by molar-refractivity contribution is 5.80. The lowest BCUT2D eigenvalue weighted by molar-refractivity contribution is 0.186. The van der Waals surface area contributed by atoms with Crippen molar-refractivity contribution in [3.05, 3.63) is 76.1 Å². The first-order chi connectivity index (χ1) is 17.8. The smallest absolute Gasteiger partial charge is 0.253 e. The van der Waals surface area contributed by atoms with Gasteiger partial charge in [-0.2, -0.15) is 0 Å². The molecule has 3 heterocycles. The number of halogens is 1. The third-order valence-corrected chi connectivity index (χ3v) is 7.43. The van der Waals surface area contributed by atoms with E-state index in [4.69, 9.17) is 4.74 Å². The van der Waals surface area contributed by atoms with Crippen molar-refractivity contribution in [3.8, 4) is 5.75 Å². The zero-order chi connectivity index (χ0) is 26.2. The molecule has 2 aromatic carbocycles. The molecular weight excluding hydrogens is 473 g/mol. The number of nitrogens with zero attached hydrogens (tertiary/aromatic N) is 6. The van der Waals surface area contributed by atoms with Gasteiger partial charge in [-0.3, -0.25) is 9.69 Å². The summed E-state index contributed by atoms with van der Waals surface area (Å²) >= 11 is 0. The summed E-state index contributed by atoms with van der Waals surface area (Å²) in [6.45, 7) is 8.69. The van der Waals surface area contributed by atoms with Crippen LogP contribution < -0.4 is 15.2 Å². The SMILES string of the molecule is CCC(C)(C)n1nnnc1[C@H](c1cc2ccc(OC)cc2[nH]c1=O)N1CCN(c2ccccc2F)CC1. The Balaban J connectivity index is 1.57. The summed E-state index contributed by atoms with van der Waals surface area (Å²) in [6, 6.07) is 13.9. The molecule has 0 saturated carbocycles. The normalized spacial score (nSPS) is 15.8. The largest absolute Gasteiger partial charge is 0.497 e. The van der Waals surface area contributed by atoms with E-state index in [1.54, 1.807) is 19.2 Å². The number of anilines is 1. The van der Waals surface area contributed by atoms with E-state index in [-0.39, 0.29) is 16.9 Å². The number of H-pyrrole nitrogens is 1. The Morgan fingerprint density at radius 2 is 1.86 bits per heavy atom. The highest BCUT2D eigenvalue weighted by Crippen LogP contribution is 2.32. The molecule has 5 rings (SSSR count). The molecule has 1 saturated heterocycles. The van der Waals surface area contributed by atoms with Gasteiger partial charge in [-0.25, -0.2) is 9.07 Å². The number of aromatic amines is 1. The van der Waals surface area contributed by atoms with E-state index >= 15 is 0 Å². The van der Waals surface area contributed by atoms with E-state index in [1.165, 1.54) is 6.07 Å². The molecule has 0 bridgehead atoms. The van der Waals surface area contributed by atoms with Gasteiger partial charge in [-0.05, 0) is 66.4 Å². The highest BCUT2D eigenvalue weighted by Gasteiger charge is 2.36. The van der Waals surface area contributed by atoms with Crippen molar-refractivity contribution in [1.82, 2.24) is 30.1 Å². The van der Waals surface area contributed by atoms with Gasteiger partial charge >= 0.3 is 0 Å². The highest BCUT2D eigenvalue weighted by atomic mass is 19.1. The Kier molecular flexibility index (Phi) is 6.68. The maximum Gasteiger partial charge on any atom is 0.253 e. The number of tetrazole rings is 1. The maximum atomic E-state index is 14.5. The monoisotopic (exact) mass is 505 g/mol. The Morgan fingerprint density at radius 3 is 2.57 bits per heavy atom. The topological polar surface area (TPSA) is 92.2 Å². The minimum Gasteiger partial charge on any atom is -0.497 e. The first-order valence-corrected chi connectivity index (χ1v) is 12.6. The average Bonchev–Trinajstić information content (AvgIpc) is 3.40. The molecule has 1 N–H and O–H groups in total. The lowest BCUT2D eigenvalue weighted by atomic mass is 9.99. The van der Waals surface area contributed by atoms with Crippen molar-refractivity contribution in [2.24, 2.45) is 0 Å². The Bertz CT molecular complexity index is 1460. The summed E-state index contributed by atoms with van der Waals surface area (Å²) in [5.41, 5.74) is 1.31. The van der Waals surface area contributed by atoms with Crippen LogP contribution in [-0.4, -0.2) is 63.4 Å². The van der Waals surface area contributed by atoms with Gasteiger partial charge in [0, 0.05) is 37.8 Å². The molecule has 0 radical (unpaired) electrons. The van der Waals surface area contributed by atoms with Crippen molar-refractivity contribution in [3.63, 3.8) is 0 Å². The van der Waals surface area contributed by atoms with Gasteiger partial charge in [0.05, 0.1) is 23.9 Å². The van der Waals surface area contributed by atoms with Crippen molar-refractivity contribution in [2.45, 2.75) is 38.8 Å². The van der Waals surface area contributed by atoms with Crippen molar-refractivity contribution in [2.75, 3.05) is 38.2 Å². The lowest BCUT2D eigenvalue weighted by Crippen LogP contribution is -2.49. The summed E-state index contributed by atoms with van der Waals surface area (Å²) in [4.78, 5) is 20.8. The van der Waals surface area contributed by atoms with Gasteiger partial charge in [0.25, 0.3) is 5.56 Å². The van der Waals surface area contributed by atoms with Crippen molar-refractivity contribution >= 4 is 16.6 Å². The predicted octanol–water partition coefficient (Wildman–Crippen LogP) is 3.72. The van der Waals surface area contributed by atoms with E-state index in [9.17, 15) is 9.18 Å². The van der Waals surface area contributed by atoms with Crippen LogP contribution in [0.5, 0.6) is 5.75 Å². The van der Waals surface area contributed by atoms with Crippen LogP contribution in [0.1, 0.15) is 44.6 Å². The second kappa shape index (κ2) is 9.93. The summed E-state index contributed by atoms with van der Waals surface area (Å²) in [5.74, 6) is 1.05. The molecule has 194 valence electrons. The molecule has 0 aliphatic carbocycles. The zero-order valence-corrected chi connectivity index (χ0v) is 21.6. The number of aromatic nitrogens is 5. The first-order valence-electron chi connectivity index (χ1n) is 12.6. The van der Waals surface area contributed by atoms with E-state index in [0.29, 0.717) is 54.5 Å². The molecule has 0 spiro atoms. The first kappa shape index (κ1) is 24.9. The van der Waals surface area contributed by atoms with Crippen LogP contribution in [0.15, 0.2) is 53.3 Å². The van der Waals surface area contributed by atoms with Crippen LogP contribution >= 0.6 is 0 Å². The van der Waals surface area contributed by atoms with Crippen LogP contribution in [0, 0.1) is 5.82 Å². The molecule has 37 heavy (non-hydrogen) atoms. The number of rotatable bonds is 7. The number of fused-ring (bicyclic) bond motifs is 1.